The minimum Gasteiger partial charge on any atom is -0.313 e. The van der Waals surface area contributed by atoms with Crippen molar-refractivity contribution in [1.82, 2.24) is 20.1 Å². The zero-order valence-corrected chi connectivity index (χ0v) is 16.2. The molecule has 1 aromatic heterocycles. The second-order valence-corrected chi connectivity index (χ2v) is 7.54. The number of rotatable bonds is 6. The molecule has 0 fully saturated rings. The maximum Gasteiger partial charge on any atom is 0.138 e. The van der Waals surface area contributed by atoms with Gasteiger partial charge < -0.3 is 5.32 Å². The van der Waals surface area contributed by atoms with Crippen LogP contribution in [-0.4, -0.2) is 21.8 Å². The molecule has 0 aliphatic heterocycles. The van der Waals surface area contributed by atoms with E-state index in [0.29, 0.717) is 5.92 Å². The monoisotopic (exact) mass is 462 g/mol. The summed E-state index contributed by atoms with van der Waals surface area (Å²) >= 11 is 5.94. The summed E-state index contributed by atoms with van der Waals surface area (Å²) in [5.41, 5.74) is 1.28. The molecule has 0 saturated heterocycles. The predicted octanol–water partition coefficient (Wildman–Crippen LogP) is 3.80. The van der Waals surface area contributed by atoms with Gasteiger partial charge in [0, 0.05) is 27.1 Å². The van der Waals surface area contributed by atoms with Crippen molar-refractivity contribution >= 4 is 38.5 Å². The highest BCUT2D eigenvalue weighted by Crippen LogP contribution is 2.26. The van der Waals surface area contributed by atoms with E-state index in [1.54, 1.807) is 6.33 Å². The summed E-state index contributed by atoms with van der Waals surface area (Å²) < 4.78 is 4.37. The van der Waals surface area contributed by atoms with Gasteiger partial charge in [0.15, 0.2) is 0 Å². The Hall–Kier alpha value is -0.470. The van der Waals surface area contributed by atoms with Gasteiger partial charge in [-0.2, -0.15) is 5.10 Å². The van der Waals surface area contributed by atoms with E-state index in [-0.39, 0.29) is 6.04 Å². The molecule has 0 aliphatic rings. The minimum absolute atomic E-state index is 0.226. The van der Waals surface area contributed by atoms with E-state index in [0.717, 1.165) is 23.3 Å². The van der Waals surface area contributed by atoms with Crippen LogP contribution in [-0.2, 0) is 13.0 Å². The SMILES string of the molecule is CNC(Cc1ncnn1CC(C)C)c1cc(Br)ccc1I. The molecule has 0 spiro atoms. The van der Waals surface area contributed by atoms with Crippen molar-refractivity contribution in [3.05, 3.63) is 44.0 Å². The van der Waals surface area contributed by atoms with Gasteiger partial charge in [0.2, 0.25) is 0 Å². The number of nitrogens with zero attached hydrogens (tertiary/aromatic N) is 3. The van der Waals surface area contributed by atoms with Crippen molar-refractivity contribution in [1.29, 1.82) is 0 Å². The normalized spacial score (nSPS) is 12.9. The maximum absolute atomic E-state index is 4.43. The van der Waals surface area contributed by atoms with Crippen molar-refractivity contribution < 1.29 is 0 Å². The van der Waals surface area contributed by atoms with Gasteiger partial charge in [0.1, 0.15) is 12.2 Å². The second-order valence-electron chi connectivity index (χ2n) is 5.46. The summed E-state index contributed by atoms with van der Waals surface area (Å²) in [6.45, 7) is 5.29. The molecule has 1 unspecified atom stereocenters. The van der Waals surface area contributed by atoms with Crippen molar-refractivity contribution in [3.8, 4) is 0 Å². The molecule has 2 aromatic rings. The first-order valence-electron chi connectivity index (χ1n) is 7.00. The minimum atomic E-state index is 0.226. The fourth-order valence-corrected chi connectivity index (χ4v) is 3.37. The van der Waals surface area contributed by atoms with Crippen LogP contribution in [0, 0.1) is 9.49 Å². The summed E-state index contributed by atoms with van der Waals surface area (Å²) in [4.78, 5) is 4.43. The lowest BCUT2D eigenvalue weighted by Crippen LogP contribution is -2.22. The smallest absolute Gasteiger partial charge is 0.138 e. The Balaban J connectivity index is 2.23. The quantitative estimate of drug-likeness (QED) is 0.664. The molecule has 0 amide bonds. The lowest BCUT2D eigenvalue weighted by atomic mass is 10.0. The zero-order valence-electron chi connectivity index (χ0n) is 12.5. The fraction of sp³-hybridized carbons (Fsp3) is 0.467. The Morgan fingerprint density at radius 1 is 1.38 bits per heavy atom. The van der Waals surface area contributed by atoms with Crippen LogP contribution in [0.25, 0.3) is 0 Å². The molecule has 1 N–H and O–H groups in total. The van der Waals surface area contributed by atoms with Crippen molar-refractivity contribution in [2.45, 2.75) is 32.9 Å². The average molecular weight is 463 g/mol. The fourth-order valence-electron chi connectivity index (χ4n) is 2.28. The molecule has 1 atom stereocenters. The van der Waals surface area contributed by atoms with Crippen LogP contribution in [0.15, 0.2) is 29.0 Å². The number of nitrogens with one attached hydrogen (secondary N) is 1. The van der Waals surface area contributed by atoms with Crippen LogP contribution in [0.4, 0.5) is 0 Å². The molecule has 4 nitrogen and oxygen atoms in total. The van der Waals surface area contributed by atoms with Crippen LogP contribution in [0.3, 0.4) is 0 Å². The van der Waals surface area contributed by atoms with Crippen LogP contribution < -0.4 is 5.32 Å². The molecule has 114 valence electrons. The zero-order chi connectivity index (χ0) is 15.4. The lowest BCUT2D eigenvalue weighted by Gasteiger charge is -2.19. The highest BCUT2D eigenvalue weighted by atomic mass is 127. The highest BCUT2D eigenvalue weighted by Gasteiger charge is 2.17. The Morgan fingerprint density at radius 2 is 2.14 bits per heavy atom. The van der Waals surface area contributed by atoms with Crippen molar-refractivity contribution in [2.75, 3.05) is 7.05 Å². The van der Waals surface area contributed by atoms with Gasteiger partial charge in [-0.05, 0) is 59.3 Å². The van der Waals surface area contributed by atoms with Gasteiger partial charge in [0.05, 0.1) is 0 Å². The van der Waals surface area contributed by atoms with Crippen LogP contribution >= 0.6 is 38.5 Å². The van der Waals surface area contributed by atoms with Crippen LogP contribution in [0.5, 0.6) is 0 Å². The third-order valence-corrected chi connectivity index (χ3v) is 4.78. The van der Waals surface area contributed by atoms with Crippen molar-refractivity contribution in [3.63, 3.8) is 0 Å². The summed E-state index contributed by atoms with van der Waals surface area (Å²) in [7, 11) is 1.99. The molecule has 21 heavy (non-hydrogen) atoms. The van der Waals surface area contributed by atoms with E-state index < -0.39 is 0 Å². The van der Waals surface area contributed by atoms with E-state index in [4.69, 9.17) is 0 Å². The average Bonchev–Trinajstić information content (AvgIpc) is 2.85. The van der Waals surface area contributed by atoms with Crippen LogP contribution in [0.2, 0.25) is 0 Å². The van der Waals surface area contributed by atoms with Gasteiger partial charge >= 0.3 is 0 Å². The Bertz CT molecular complexity index is 597. The van der Waals surface area contributed by atoms with E-state index >= 15 is 0 Å². The molecule has 1 aromatic carbocycles. The summed E-state index contributed by atoms with van der Waals surface area (Å²) in [5.74, 6) is 1.59. The molecule has 6 heteroatoms. The Labute approximate surface area is 148 Å². The third kappa shape index (κ3) is 4.50. The summed E-state index contributed by atoms with van der Waals surface area (Å²) in [6, 6.07) is 6.60. The Morgan fingerprint density at radius 3 is 2.81 bits per heavy atom. The van der Waals surface area contributed by atoms with E-state index in [1.807, 2.05) is 11.7 Å². The van der Waals surface area contributed by atoms with Gasteiger partial charge in [0.25, 0.3) is 0 Å². The lowest BCUT2D eigenvalue weighted by molar-refractivity contribution is 0.451. The van der Waals surface area contributed by atoms with E-state index in [2.05, 4.69) is 86.0 Å². The number of hydrogen-bond donors (Lipinski definition) is 1. The molecule has 0 bridgehead atoms. The Kier molecular flexibility index (Phi) is 6.19. The predicted molar refractivity (Wildman–Crippen MR) is 97.2 cm³/mol. The maximum atomic E-state index is 4.43. The molecular formula is C15H20BrIN4. The second kappa shape index (κ2) is 7.69. The van der Waals surface area contributed by atoms with Crippen LogP contribution in [0.1, 0.15) is 31.3 Å². The van der Waals surface area contributed by atoms with E-state index in [9.17, 15) is 0 Å². The standard InChI is InChI=1S/C15H20BrIN4/c1-10(2)8-21-15(19-9-20-21)7-14(18-3)12-6-11(16)4-5-13(12)17/h4-6,9-10,14,18H,7-8H2,1-3H3. The third-order valence-electron chi connectivity index (χ3n) is 3.30. The highest BCUT2D eigenvalue weighted by molar-refractivity contribution is 14.1. The molecule has 0 aliphatic carbocycles. The topological polar surface area (TPSA) is 42.7 Å². The molecular weight excluding hydrogens is 443 g/mol. The first-order chi connectivity index (χ1) is 10.0. The number of likely N-dealkylation sites (N-methyl/N-ethyl adjacent to an activating group) is 1. The number of hydrogen-bond acceptors (Lipinski definition) is 3. The van der Waals surface area contributed by atoms with Gasteiger partial charge in [-0.15, -0.1) is 0 Å². The van der Waals surface area contributed by atoms with Crippen molar-refractivity contribution in [2.24, 2.45) is 5.92 Å². The van der Waals surface area contributed by atoms with Gasteiger partial charge in [-0.1, -0.05) is 29.8 Å². The largest absolute Gasteiger partial charge is 0.313 e. The molecule has 0 saturated carbocycles. The number of benzene rings is 1. The summed E-state index contributed by atoms with van der Waals surface area (Å²) in [5, 5.41) is 7.74. The molecule has 1 heterocycles. The first kappa shape index (κ1) is 16.9. The molecule has 0 radical (unpaired) electrons. The summed E-state index contributed by atoms with van der Waals surface area (Å²) in [6.07, 6.45) is 2.48. The first-order valence-corrected chi connectivity index (χ1v) is 8.87. The number of aromatic nitrogens is 3. The number of halogens is 2. The van der Waals surface area contributed by atoms with E-state index in [1.165, 1.54) is 9.13 Å². The van der Waals surface area contributed by atoms with Gasteiger partial charge in [-0.25, -0.2) is 9.67 Å². The molecule has 2 rings (SSSR count). The van der Waals surface area contributed by atoms with Gasteiger partial charge in [-0.3, -0.25) is 0 Å².